The van der Waals surface area contributed by atoms with Crippen molar-refractivity contribution in [3.8, 4) is 17.2 Å². The fraction of sp³-hybridized carbons (Fsp3) is 0.192. The van der Waals surface area contributed by atoms with Gasteiger partial charge in [-0.25, -0.2) is 5.43 Å². The van der Waals surface area contributed by atoms with E-state index in [4.69, 9.17) is 32.7 Å². The summed E-state index contributed by atoms with van der Waals surface area (Å²) in [7, 11) is 1.43. The molecule has 2 atom stereocenters. The summed E-state index contributed by atoms with van der Waals surface area (Å²) < 4.78 is 10.7. The Balaban J connectivity index is 1.69. The molecular weight excluding hydrogens is 505 g/mol. The number of aromatic hydroxyl groups is 1. The zero-order valence-electron chi connectivity index (χ0n) is 19.6. The van der Waals surface area contributed by atoms with E-state index in [0.29, 0.717) is 16.3 Å². The van der Waals surface area contributed by atoms with Gasteiger partial charge in [-0.3, -0.25) is 9.59 Å². The zero-order valence-corrected chi connectivity index (χ0v) is 21.1. The van der Waals surface area contributed by atoms with Crippen molar-refractivity contribution < 1.29 is 24.2 Å². The third-order valence-electron chi connectivity index (χ3n) is 5.07. The number of hydrogen-bond donors (Lipinski definition) is 3. The van der Waals surface area contributed by atoms with E-state index in [1.807, 2.05) is 30.3 Å². The van der Waals surface area contributed by atoms with Crippen LogP contribution in [0.1, 0.15) is 18.1 Å². The molecule has 0 spiro atoms. The quantitative estimate of drug-likeness (QED) is 0.267. The summed E-state index contributed by atoms with van der Waals surface area (Å²) in [5.41, 5.74) is 3.89. The van der Waals surface area contributed by atoms with Crippen molar-refractivity contribution >= 4 is 41.2 Å². The Morgan fingerprint density at radius 3 is 2.47 bits per heavy atom. The number of phenols is 1. The lowest BCUT2D eigenvalue weighted by Crippen LogP contribution is -2.50. The molecule has 0 radical (unpaired) electrons. The number of ether oxygens (including phenoxy) is 2. The van der Waals surface area contributed by atoms with E-state index in [2.05, 4.69) is 15.8 Å². The van der Waals surface area contributed by atoms with Crippen molar-refractivity contribution in [3.63, 3.8) is 0 Å². The van der Waals surface area contributed by atoms with Crippen LogP contribution < -0.4 is 20.2 Å². The lowest BCUT2D eigenvalue weighted by Gasteiger charge is -2.21. The third-order valence-corrected chi connectivity index (χ3v) is 5.61. The number of amides is 2. The van der Waals surface area contributed by atoms with E-state index >= 15 is 0 Å². The minimum Gasteiger partial charge on any atom is -0.504 e. The summed E-state index contributed by atoms with van der Waals surface area (Å²) in [6.45, 7) is 1.55. The number of carbonyl (C=O) groups is 2. The molecule has 0 fully saturated rings. The van der Waals surface area contributed by atoms with Crippen molar-refractivity contribution in [1.29, 1.82) is 0 Å². The zero-order chi connectivity index (χ0) is 26.1. The van der Waals surface area contributed by atoms with E-state index in [1.54, 1.807) is 31.2 Å². The Morgan fingerprint density at radius 2 is 1.78 bits per heavy atom. The van der Waals surface area contributed by atoms with Gasteiger partial charge in [0.1, 0.15) is 11.8 Å². The molecule has 3 N–H and O–H groups in total. The first-order valence-electron chi connectivity index (χ1n) is 10.9. The number of benzene rings is 3. The predicted molar refractivity (Wildman–Crippen MR) is 139 cm³/mol. The van der Waals surface area contributed by atoms with Crippen molar-refractivity contribution in [2.24, 2.45) is 5.10 Å². The number of rotatable bonds is 10. The number of halogens is 2. The molecule has 0 aliphatic carbocycles. The first-order chi connectivity index (χ1) is 17.3. The molecule has 0 heterocycles. The van der Waals surface area contributed by atoms with E-state index < -0.39 is 24.0 Å². The Bertz CT molecular complexity index is 1240. The van der Waals surface area contributed by atoms with Crippen molar-refractivity contribution in [3.05, 3.63) is 87.9 Å². The van der Waals surface area contributed by atoms with Crippen LogP contribution in [0.5, 0.6) is 17.2 Å². The number of carbonyl (C=O) groups excluding carboxylic acids is 2. The first kappa shape index (κ1) is 26.8. The molecule has 2 amide bonds. The van der Waals surface area contributed by atoms with Gasteiger partial charge >= 0.3 is 0 Å². The summed E-state index contributed by atoms with van der Waals surface area (Å²) in [6, 6.07) is 17.6. The lowest BCUT2D eigenvalue weighted by molar-refractivity contribution is -0.132. The highest BCUT2D eigenvalue weighted by Crippen LogP contribution is 2.28. The Kier molecular flexibility index (Phi) is 9.55. The lowest BCUT2D eigenvalue weighted by atomic mass is 10.1. The summed E-state index contributed by atoms with van der Waals surface area (Å²) >= 11 is 12.0. The van der Waals surface area contributed by atoms with Gasteiger partial charge in [0.2, 0.25) is 0 Å². The molecule has 3 aromatic rings. The molecule has 8 nitrogen and oxygen atoms in total. The SMILES string of the molecule is COc1cc(/C=N\NC(=O)[C@@H](Cc2ccccc2)NC(=O)[C@H](C)Oc2ccc(Cl)cc2Cl)ccc1O. The maximum Gasteiger partial charge on any atom is 0.262 e. The van der Waals surface area contributed by atoms with Crippen LogP contribution in [-0.4, -0.2) is 42.4 Å². The third kappa shape index (κ3) is 7.63. The number of hydrogen-bond acceptors (Lipinski definition) is 6. The van der Waals surface area contributed by atoms with Crippen LogP contribution >= 0.6 is 23.2 Å². The molecular formula is C26H25Cl2N3O5. The average molecular weight is 530 g/mol. The summed E-state index contributed by atoms with van der Waals surface area (Å²) in [5.74, 6) is -0.480. The molecule has 3 aromatic carbocycles. The van der Waals surface area contributed by atoms with Crippen LogP contribution in [0, 0.1) is 0 Å². The van der Waals surface area contributed by atoms with Gasteiger partial charge in [0.15, 0.2) is 17.6 Å². The minimum atomic E-state index is -0.942. The Hall–Kier alpha value is -3.75. The van der Waals surface area contributed by atoms with Crippen LogP contribution in [-0.2, 0) is 16.0 Å². The highest BCUT2D eigenvalue weighted by atomic mass is 35.5. The smallest absolute Gasteiger partial charge is 0.262 e. The molecule has 0 aromatic heterocycles. The number of methoxy groups -OCH3 is 1. The van der Waals surface area contributed by atoms with Gasteiger partial charge in [0, 0.05) is 11.4 Å². The standard InChI is InChI=1S/C26H25Cl2N3O5/c1-16(36-23-11-9-19(27)14-20(23)28)25(33)30-21(12-17-6-4-3-5-7-17)26(34)31-29-15-18-8-10-22(32)24(13-18)35-2/h3-11,13-16,21,32H,12H2,1-2H3,(H,30,33)(H,31,34)/b29-15-/t16-,21+/m0/s1. The Labute approximate surface area is 218 Å². The van der Waals surface area contributed by atoms with Gasteiger partial charge in [0.05, 0.1) is 18.3 Å². The monoisotopic (exact) mass is 529 g/mol. The normalized spacial score (nSPS) is 12.6. The predicted octanol–water partition coefficient (Wildman–Crippen LogP) is 4.35. The van der Waals surface area contributed by atoms with Gasteiger partial charge in [0.25, 0.3) is 11.8 Å². The fourth-order valence-electron chi connectivity index (χ4n) is 3.19. The van der Waals surface area contributed by atoms with Crippen molar-refractivity contribution in [2.75, 3.05) is 7.11 Å². The molecule has 3 rings (SSSR count). The molecule has 0 unspecified atom stereocenters. The molecule has 0 saturated carbocycles. The number of nitrogens with one attached hydrogen (secondary N) is 2. The van der Waals surface area contributed by atoms with Crippen LogP contribution in [0.2, 0.25) is 10.0 Å². The molecule has 0 saturated heterocycles. The van der Waals surface area contributed by atoms with E-state index in [9.17, 15) is 14.7 Å². The number of phenolic OH excluding ortho intramolecular Hbond substituents is 1. The minimum absolute atomic E-state index is 0.0134. The van der Waals surface area contributed by atoms with Gasteiger partial charge in [-0.2, -0.15) is 5.10 Å². The van der Waals surface area contributed by atoms with Crippen LogP contribution in [0.25, 0.3) is 0 Å². The second-order valence-electron chi connectivity index (χ2n) is 7.75. The highest BCUT2D eigenvalue weighted by Gasteiger charge is 2.25. The van der Waals surface area contributed by atoms with E-state index in [1.165, 1.54) is 25.5 Å². The number of nitrogens with zero attached hydrogens (tertiary/aromatic N) is 1. The van der Waals surface area contributed by atoms with E-state index in [0.717, 1.165) is 5.56 Å². The molecule has 10 heteroatoms. The summed E-state index contributed by atoms with van der Waals surface area (Å²) in [6.07, 6.45) is 0.688. The topological polar surface area (TPSA) is 109 Å². The number of hydrazone groups is 1. The molecule has 36 heavy (non-hydrogen) atoms. The summed E-state index contributed by atoms with van der Waals surface area (Å²) in [4.78, 5) is 25.8. The van der Waals surface area contributed by atoms with Gasteiger partial charge in [-0.05, 0) is 54.4 Å². The molecule has 188 valence electrons. The van der Waals surface area contributed by atoms with Gasteiger partial charge in [-0.15, -0.1) is 0 Å². The molecule has 0 bridgehead atoms. The molecule has 0 aliphatic heterocycles. The maximum atomic E-state index is 12.9. The second-order valence-corrected chi connectivity index (χ2v) is 8.59. The van der Waals surface area contributed by atoms with Gasteiger partial charge in [-0.1, -0.05) is 53.5 Å². The van der Waals surface area contributed by atoms with Crippen molar-refractivity contribution in [1.82, 2.24) is 10.7 Å². The average Bonchev–Trinajstić information content (AvgIpc) is 2.86. The fourth-order valence-corrected chi connectivity index (χ4v) is 3.64. The van der Waals surface area contributed by atoms with Crippen LogP contribution in [0.15, 0.2) is 71.8 Å². The van der Waals surface area contributed by atoms with Crippen LogP contribution in [0.3, 0.4) is 0 Å². The second kappa shape index (κ2) is 12.8. The molecule has 0 aliphatic rings. The van der Waals surface area contributed by atoms with Crippen LogP contribution in [0.4, 0.5) is 0 Å². The van der Waals surface area contributed by atoms with Gasteiger partial charge < -0.3 is 19.9 Å². The highest BCUT2D eigenvalue weighted by molar-refractivity contribution is 6.35. The Morgan fingerprint density at radius 1 is 1.03 bits per heavy atom. The van der Waals surface area contributed by atoms with Crippen molar-refractivity contribution in [2.45, 2.75) is 25.5 Å². The largest absolute Gasteiger partial charge is 0.504 e. The van der Waals surface area contributed by atoms with E-state index in [-0.39, 0.29) is 22.9 Å². The summed E-state index contributed by atoms with van der Waals surface area (Å²) in [5, 5.41) is 17.1. The maximum absolute atomic E-state index is 12.9. The first-order valence-corrected chi connectivity index (χ1v) is 11.7.